The third-order valence-corrected chi connectivity index (χ3v) is 5.20. The van der Waals surface area contributed by atoms with Crippen LogP contribution < -0.4 is 24.7 Å². The standard InChI is InChI=1S/C23H22N4O4/c1-13-20-21(18(11-24)22(25)31-23(20)27-26-13)14-7-8-19(29-3)15(9-14)12-30-17-6-4-5-16(10-17)28-2/h4-10,21H,12,25H2,1-3H3,(H,26,27)/t21-/m0/s1. The van der Waals surface area contributed by atoms with Gasteiger partial charge in [0.25, 0.3) is 0 Å². The Balaban J connectivity index is 1.71. The molecular formula is C23H22N4O4. The van der Waals surface area contributed by atoms with Crippen molar-refractivity contribution in [1.82, 2.24) is 10.2 Å². The molecule has 0 radical (unpaired) electrons. The summed E-state index contributed by atoms with van der Waals surface area (Å²) >= 11 is 0. The van der Waals surface area contributed by atoms with Gasteiger partial charge in [0.05, 0.1) is 20.1 Å². The summed E-state index contributed by atoms with van der Waals surface area (Å²) in [6.45, 7) is 2.15. The molecule has 8 nitrogen and oxygen atoms in total. The second-order valence-electron chi connectivity index (χ2n) is 7.03. The molecule has 2 aromatic carbocycles. The van der Waals surface area contributed by atoms with Crippen LogP contribution in [0, 0.1) is 18.3 Å². The predicted molar refractivity (Wildman–Crippen MR) is 113 cm³/mol. The first-order chi connectivity index (χ1) is 15.0. The first-order valence-electron chi connectivity index (χ1n) is 9.61. The molecule has 0 saturated heterocycles. The van der Waals surface area contributed by atoms with Gasteiger partial charge in [-0.3, -0.25) is 5.10 Å². The zero-order valence-electron chi connectivity index (χ0n) is 17.4. The highest BCUT2D eigenvalue weighted by atomic mass is 16.5. The first kappa shape index (κ1) is 20.2. The largest absolute Gasteiger partial charge is 0.497 e. The Morgan fingerprint density at radius 2 is 1.97 bits per heavy atom. The monoisotopic (exact) mass is 418 g/mol. The van der Waals surface area contributed by atoms with E-state index in [0.29, 0.717) is 28.7 Å². The number of nitrogens with zero attached hydrogens (tertiary/aromatic N) is 2. The molecule has 0 saturated carbocycles. The van der Waals surface area contributed by atoms with Crippen LogP contribution in [0.3, 0.4) is 0 Å². The second-order valence-corrected chi connectivity index (χ2v) is 7.03. The fraction of sp³-hybridized carbons (Fsp3) is 0.217. The van der Waals surface area contributed by atoms with Gasteiger partial charge in [-0.25, -0.2) is 0 Å². The minimum Gasteiger partial charge on any atom is -0.497 e. The molecule has 4 rings (SSSR count). The topological polar surface area (TPSA) is 115 Å². The van der Waals surface area contributed by atoms with E-state index in [-0.39, 0.29) is 12.5 Å². The van der Waals surface area contributed by atoms with Gasteiger partial charge in [0.2, 0.25) is 11.8 Å². The highest BCUT2D eigenvalue weighted by molar-refractivity contribution is 5.56. The van der Waals surface area contributed by atoms with Gasteiger partial charge in [-0.1, -0.05) is 12.1 Å². The summed E-state index contributed by atoms with van der Waals surface area (Å²) in [5.74, 6) is 2.09. The molecule has 158 valence electrons. The summed E-state index contributed by atoms with van der Waals surface area (Å²) in [7, 11) is 3.22. The summed E-state index contributed by atoms with van der Waals surface area (Å²) in [5, 5.41) is 16.8. The lowest BCUT2D eigenvalue weighted by Crippen LogP contribution is -2.21. The molecule has 0 bridgehead atoms. The SMILES string of the molecule is COc1cccc(OCc2cc([C@H]3C(C#N)=C(N)Oc4n[nH]c(C)c43)ccc2OC)c1. The summed E-state index contributed by atoms with van der Waals surface area (Å²) in [5.41, 5.74) is 9.64. The number of nitriles is 1. The molecule has 0 spiro atoms. The summed E-state index contributed by atoms with van der Waals surface area (Å²) in [6, 6.07) is 15.3. The molecule has 31 heavy (non-hydrogen) atoms. The maximum atomic E-state index is 9.76. The Morgan fingerprint density at radius 1 is 1.16 bits per heavy atom. The average molecular weight is 418 g/mol. The van der Waals surface area contributed by atoms with Crippen molar-refractivity contribution in [2.24, 2.45) is 5.73 Å². The number of hydrogen-bond donors (Lipinski definition) is 2. The molecule has 1 aromatic heterocycles. The summed E-state index contributed by atoms with van der Waals surface area (Å²) in [6.07, 6.45) is 0. The van der Waals surface area contributed by atoms with Gasteiger partial charge in [0.15, 0.2) is 0 Å². The lowest BCUT2D eigenvalue weighted by Gasteiger charge is -2.24. The van der Waals surface area contributed by atoms with Gasteiger partial charge in [0, 0.05) is 22.9 Å². The second kappa shape index (κ2) is 8.32. The molecule has 0 amide bonds. The Bertz CT molecular complexity index is 1190. The molecular weight excluding hydrogens is 396 g/mol. The average Bonchev–Trinajstić information content (AvgIpc) is 3.16. The fourth-order valence-corrected chi connectivity index (χ4v) is 3.67. The van der Waals surface area contributed by atoms with Crippen LogP contribution in [0.1, 0.15) is 28.3 Å². The number of fused-ring (bicyclic) bond motifs is 1. The molecule has 1 atom stereocenters. The zero-order valence-corrected chi connectivity index (χ0v) is 17.4. The number of nitrogens with one attached hydrogen (secondary N) is 1. The molecule has 2 heterocycles. The minimum atomic E-state index is -0.408. The van der Waals surface area contributed by atoms with Crippen LogP contribution in [0.5, 0.6) is 23.1 Å². The van der Waals surface area contributed by atoms with E-state index in [2.05, 4.69) is 16.3 Å². The number of aromatic amines is 1. The van der Waals surface area contributed by atoms with Crippen LogP contribution in [-0.2, 0) is 6.61 Å². The van der Waals surface area contributed by atoms with Crippen molar-refractivity contribution in [3.63, 3.8) is 0 Å². The number of aryl methyl sites for hydroxylation is 1. The van der Waals surface area contributed by atoms with Crippen molar-refractivity contribution >= 4 is 0 Å². The highest BCUT2D eigenvalue weighted by Gasteiger charge is 2.34. The molecule has 0 aliphatic carbocycles. The van der Waals surface area contributed by atoms with Crippen molar-refractivity contribution in [2.75, 3.05) is 14.2 Å². The maximum Gasteiger partial charge on any atom is 0.244 e. The van der Waals surface area contributed by atoms with E-state index in [0.717, 1.165) is 22.4 Å². The third-order valence-electron chi connectivity index (χ3n) is 5.20. The quantitative estimate of drug-likeness (QED) is 0.629. The molecule has 1 aliphatic rings. The lowest BCUT2D eigenvalue weighted by molar-refractivity contribution is 0.294. The Morgan fingerprint density at radius 3 is 2.71 bits per heavy atom. The maximum absolute atomic E-state index is 9.76. The number of allylic oxidation sites excluding steroid dienone is 1. The normalized spacial score (nSPS) is 15.0. The number of methoxy groups -OCH3 is 2. The van der Waals surface area contributed by atoms with E-state index in [1.807, 2.05) is 49.4 Å². The molecule has 3 N–H and O–H groups in total. The van der Waals surface area contributed by atoms with E-state index >= 15 is 0 Å². The van der Waals surface area contributed by atoms with Gasteiger partial charge >= 0.3 is 0 Å². The van der Waals surface area contributed by atoms with Gasteiger partial charge < -0.3 is 24.7 Å². The molecule has 3 aromatic rings. The number of ether oxygens (including phenoxy) is 4. The van der Waals surface area contributed by atoms with E-state index in [4.69, 9.17) is 24.7 Å². The van der Waals surface area contributed by atoms with E-state index in [9.17, 15) is 5.26 Å². The highest BCUT2D eigenvalue weighted by Crippen LogP contribution is 2.43. The molecule has 1 aliphatic heterocycles. The first-order valence-corrected chi connectivity index (χ1v) is 9.61. The van der Waals surface area contributed by atoms with E-state index in [1.54, 1.807) is 14.2 Å². The van der Waals surface area contributed by atoms with Crippen molar-refractivity contribution in [3.8, 4) is 29.2 Å². The van der Waals surface area contributed by atoms with Crippen LogP contribution in [0.15, 0.2) is 53.9 Å². The van der Waals surface area contributed by atoms with Crippen molar-refractivity contribution in [2.45, 2.75) is 19.4 Å². The molecule has 0 unspecified atom stereocenters. The summed E-state index contributed by atoms with van der Waals surface area (Å²) < 4.78 is 22.3. The Hall–Kier alpha value is -4.12. The van der Waals surface area contributed by atoms with Gasteiger partial charge in [-0.05, 0) is 36.8 Å². The van der Waals surface area contributed by atoms with Gasteiger partial charge in [-0.2, -0.15) is 5.26 Å². The smallest absolute Gasteiger partial charge is 0.244 e. The van der Waals surface area contributed by atoms with Crippen molar-refractivity contribution < 1.29 is 18.9 Å². The summed E-state index contributed by atoms with van der Waals surface area (Å²) in [4.78, 5) is 0. The molecule has 8 heteroatoms. The molecule has 0 fully saturated rings. The van der Waals surface area contributed by atoms with Crippen molar-refractivity contribution in [3.05, 3.63) is 76.3 Å². The van der Waals surface area contributed by atoms with Gasteiger partial charge in [0.1, 0.15) is 35.5 Å². The number of benzene rings is 2. The lowest BCUT2D eigenvalue weighted by atomic mass is 9.83. The Kier molecular flexibility index (Phi) is 5.41. The minimum absolute atomic E-state index is 0.0523. The van der Waals surface area contributed by atoms with Crippen LogP contribution in [-0.4, -0.2) is 24.4 Å². The number of H-pyrrole nitrogens is 1. The van der Waals surface area contributed by atoms with Gasteiger partial charge in [-0.15, -0.1) is 5.10 Å². The van der Waals surface area contributed by atoms with E-state index in [1.165, 1.54) is 0 Å². The van der Waals surface area contributed by atoms with E-state index < -0.39 is 5.92 Å². The fourth-order valence-electron chi connectivity index (χ4n) is 3.67. The number of nitrogens with two attached hydrogens (primary N) is 1. The Labute approximate surface area is 179 Å². The predicted octanol–water partition coefficient (Wildman–Crippen LogP) is 3.53. The van der Waals surface area contributed by atoms with Crippen LogP contribution in [0.4, 0.5) is 0 Å². The van der Waals surface area contributed by atoms with Crippen LogP contribution in [0.2, 0.25) is 0 Å². The third kappa shape index (κ3) is 3.73. The zero-order chi connectivity index (χ0) is 22.0. The van der Waals surface area contributed by atoms with Crippen LogP contribution >= 0.6 is 0 Å². The number of aromatic nitrogens is 2. The van der Waals surface area contributed by atoms with Crippen LogP contribution in [0.25, 0.3) is 0 Å². The number of rotatable bonds is 6. The number of hydrogen-bond acceptors (Lipinski definition) is 7. The van der Waals surface area contributed by atoms with Crippen molar-refractivity contribution in [1.29, 1.82) is 5.26 Å².